The summed E-state index contributed by atoms with van der Waals surface area (Å²) in [6, 6.07) is 10.2. The van der Waals surface area contributed by atoms with Crippen LogP contribution in [0.25, 0.3) is 0 Å². The number of carbonyl (C=O) groups is 1. The molecule has 1 N–H and O–H groups in total. The molecule has 1 amide bonds. The molecule has 1 aromatic carbocycles. The zero-order chi connectivity index (χ0) is 21.7. The van der Waals surface area contributed by atoms with Crippen LogP contribution < -0.4 is 5.32 Å². The number of rotatable bonds is 6. The Labute approximate surface area is 182 Å². The van der Waals surface area contributed by atoms with Crippen molar-refractivity contribution in [3.05, 3.63) is 89.2 Å². The van der Waals surface area contributed by atoms with Crippen LogP contribution >= 0.6 is 0 Å². The Kier molecular flexibility index (Phi) is 6.47. The van der Waals surface area contributed by atoms with E-state index in [0.717, 1.165) is 43.9 Å². The van der Waals surface area contributed by atoms with E-state index in [-0.39, 0.29) is 23.6 Å². The molecule has 0 saturated carbocycles. The number of allylic oxidation sites excluding steroid dienone is 3. The maximum atomic E-state index is 13.2. The van der Waals surface area contributed by atoms with Gasteiger partial charge in [-0.05, 0) is 41.8 Å². The number of aromatic nitrogens is 1. The fourth-order valence-electron chi connectivity index (χ4n) is 3.93. The average molecular weight is 422 g/mol. The van der Waals surface area contributed by atoms with Gasteiger partial charge in [0.2, 0.25) is 5.91 Å². The molecule has 1 aromatic heterocycles. The Morgan fingerprint density at radius 1 is 1.26 bits per heavy atom. The third-order valence-corrected chi connectivity index (χ3v) is 5.94. The summed E-state index contributed by atoms with van der Waals surface area (Å²) in [5.41, 5.74) is 3.73. The lowest BCUT2D eigenvalue weighted by Gasteiger charge is -2.34. The number of morpholine rings is 1. The minimum atomic E-state index is -0.304. The van der Waals surface area contributed by atoms with Gasteiger partial charge in [-0.1, -0.05) is 37.3 Å². The van der Waals surface area contributed by atoms with Crippen LogP contribution in [0.3, 0.4) is 0 Å². The van der Waals surface area contributed by atoms with Crippen molar-refractivity contribution < 1.29 is 13.9 Å². The monoisotopic (exact) mass is 421 g/mol. The van der Waals surface area contributed by atoms with Gasteiger partial charge in [-0.2, -0.15) is 0 Å². The van der Waals surface area contributed by atoms with E-state index in [1.165, 1.54) is 17.8 Å². The Bertz CT molecular complexity index is 981. The number of hydrogen-bond acceptors (Lipinski definition) is 4. The first kappa shape index (κ1) is 21.2. The zero-order valence-corrected chi connectivity index (χ0v) is 17.8. The van der Waals surface area contributed by atoms with Crippen LogP contribution in [-0.2, 0) is 27.9 Å². The molecule has 4 rings (SSSR count). The molecule has 1 atom stereocenters. The lowest BCUT2D eigenvalue weighted by molar-refractivity contribution is -0.120. The highest BCUT2D eigenvalue weighted by molar-refractivity contribution is 5.78. The van der Waals surface area contributed by atoms with E-state index in [4.69, 9.17) is 4.74 Å². The summed E-state index contributed by atoms with van der Waals surface area (Å²) in [5.74, 6) is -0.437. The van der Waals surface area contributed by atoms with E-state index in [9.17, 15) is 9.18 Å². The second-order valence-corrected chi connectivity index (χ2v) is 8.30. The minimum absolute atomic E-state index is 0.110. The lowest BCUT2D eigenvalue weighted by Crippen LogP contribution is -2.36. The van der Waals surface area contributed by atoms with Crippen molar-refractivity contribution >= 4 is 5.91 Å². The number of nitrogens with zero attached hydrogens (tertiary/aromatic N) is 2. The first-order valence-electron chi connectivity index (χ1n) is 10.7. The molecule has 2 aliphatic rings. The second-order valence-electron chi connectivity index (χ2n) is 8.30. The molecule has 1 aliphatic heterocycles. The van der Waals surface area contributed by atoms with Crippen molar-refractivity contribution in [3.8, 4) is 0 Å². The van der Waals surface area contributed by atoms with E-state index in [1.54, 1.807) is 12.1 Å². The molecule has 1 aliphatic carbocycles. The predicted molar refractivity (Wildman–Crippen MR) is 118 cm³/mol. The molecule has 1 unspecified atom stereocenters. The first-order valence-corrected chi connectivity index (χ1v) is 10.7. The predicted octanol–water partition coefficient (Wildman–Crippen LogP) is 3.51. The van der Waals surface area contributed by atoms with Crippen molar-refractivity contribution in [3.63, 3.8) is 0 Å². The molecule has 2 aromatic rings. The Balaban J connectivity index is 1.32. The van der Waals surface area contributed by atoms with Crippen LogP contribution in [0, 0.1) is 5.82 Å². The van der Waals surface area contributed by atoms with Crippen molar-refractivity contribution in [2.24, 2.45) is 0 Å². The largest absolute Gasteiger partial charge is 0.378 e. The molecule has 0 spiro atoms. The molecule has 1 fully saturated rings. The van der Waals surface area contributed by atoms with Crippen molar-refractivity contribution in [1.82, 2.24) is 15.2 Å². The summed E-state index contributed by atoms with van der Waals surface area (Å²) < 4.78 is 18.7. The highest BCUT2D eigenvalue weighted by Gasteiger charge is 2.27. The van der Waals surface area contributed by atoms with Crippen LogP contribution in [0.15, 0.2) is 66.5 Å². The summed E-state index contributed by atoms with van der Waals surface area (Å²) >= 11 is 0. The van der Waals surface area contributed by atoms with Gasteiger partial charge >= 0.3 is 0 Å². The third-order valence-electron chi connectivity index (χ3n) is 5.94. The first-order chi connectivity index (χ1) is 15.0. The van der Waals surface area contributed by atoms with Crippen LogP contribution in [0.2, 0.25) is 0 Å². The highest BCUT2D eigenvalue weighted by atomic mass is 19.1. The number of ether oxygens (including phenoxy) is 1. The zero-order valence-electron chi connectivity index (χ0n) is 17.8. The maximum Gasteiger partial charge on any atom is 0.226 e. The standard InChI is InChI=1S/C25H28FN3O2/c1-25(9-7-23(8-10-25)29-11-13-31-14-12-29)20-5-6-22(27-18-20)16-24(30)28-17-19-3-2-4-21(26)15-19/h2-9,15,18H,10-14,16-17H2,1H3,(H,28,30). The number of nitrogens with one attached hydrogen (secondary N) is 1. The van der Waals surface area contributed by atoms with E-state index < -0.39 is 0 Å². The molecule has 31 heavy (non-hydrogen) atoms. The van der Waals surface area contributed by atoms with Gasteiger partial charge in [0.1, 0.15) is 5.82 Å². The minimum Gasteiger partial charge on any atom is -0.378 e. The topological polar surface area (TPSA) is 54.5 Å². The summed E-state index contributed by atoms with van der Waals surface area (Å²) in [6.07, 6.45) is 9.71. The fraction of sp³-hybridized carbons (Fsp3) is 0.360. The normalized spacial score (nSPS) is 21.0. The highest BCUT2D eigenvalue weighted by Crippen LogP contribution is 2.34. The van der Waals surface area contributed by atoms with E-state index in [2.05, 4.69) is 46.4 Å². The van der Waals surface area contributed by atoms with E-state index >= 15 is 0 Å². The summed E-state index contributed by atoms with van der Waals surface area (Å²) in [7, 11) is 0. The Morgan fingerprint density at radius 3 is 2.77 bits per heavy atom. The summed E-state index contributed by atoms with van der Waals surface area (Å²) in [5, 5.41) is 2.82. The number of carbonyl (C=O) groups excluding carboxylic acids is 1. The number of amides is 1. The summed E-state index contributed by atoms with van der Waals surface area (Å²) in [6.45, 7) is 5.94. The molecule has 1 saturated heterocycles. The second kappa shape index (κ2) is 9.43. The molecule has 0 radical (unpaired) electrons. The molecule has 162 valence electrons. The molecular formula is C25H28FN3O2. The third kappa shape index (κ3) is 5.39. The number of benzene rings is 1. The van der Waals surface area contributed by atoms with E-state index in [0.29, 0.717) is 12.2 Å². The van der Waals surface area contributed by atoms with Crippen LogP contribution in [0.1, 0.15) is 30.2 Å². The molecule has 0 bridgehead atoms. The number of pyridine rings is 1. The summed E-state index contributed by atoms with van der Waals surface area (Å²) in [4.78, 5) is 19.1. The van der Waals surface area contributed by atoms with Gasteiger partial charge < -0.3 is 15.0 Å². The average Bonchev–Trinajstić information content (AvgIpc) is 2.79. The lowest BCUT2D eigenvalue weighted by atomic mass is 9.77. The van der Waals surface area contributed by atoms with Crippen molar-refractivity contribution in [1.29, 1.82) is 0 Å². The van der Waals surface area contributed by atoms with Gasteiger partial charge in [0.05, 0.1) is 19.6 Å². The van der Waals surface area contributed by atoms with Gasteiger partial charge in [-0.15, -0.1) is 0 Å². The molecule has 6 heteroatoms. The Hall–Kier alpha value is -2.99. The quantitative estimate of drug-likeness (QED) is 0.776. The van der Waals surface area contributed by atoms with Crippen LogP contribution in [0.5, 0.6) is 0 Å². The van der Waals surface area contributed by atoms with Gasteiger partial charge in [0.25, 0.3) is 0 Å². The number of hydrogen-bond donors (Lipinski definition) is 1. The Morgan fingerprint density at radius 2 is 2.10 bits per heavy atom. The van der Waals surface area contributed by atoms with E-state index in [1.807, 2.05) is 12.3 Å². The SMILES string of the molecule is CC1(c2ccc(CC(=O)NCc3cccc(F)c3)nc2)C=CC(N2CCOCC2)=CC1. The van der Waals surface area contributed by atoms with Gasteiger partial charge in [-0.25, -0.2) is 4.39 Å². The molecular weight excluding hydrogens is 393 g/mol. The van der Waals surface area contributed by atoms with Crippen LogP contribution in [-0.4, -0.2) is 42.1 Å². The van der Waals surface area contributed by atoms with Gasteiger partial charge in [0, 0.05) is 42.6 Å². The van der Waals surface area contributed by atoms with Crippen LogP contribution in [0.4, 0.5) is 4.39 Å². The van der Waals surface area contributed by atoms with Gasteiger partial charge in [-0.3, -0.25) is 9.78 Å². The van der Waals surface area contributed by atoms with Crippen molar-refractivity contribution in [2.45, 2.75) is 31.7 Å². The number of halogens is 1. The van der Waals surface area contributed by atoms with Crippen molar-refractivity contribution in [2.75, 3.05) is 26.3 Å². The molecule has 2 heterocycles. The fourth-order valence-corrected chi connectivity index (χ4v) is 3.93. The smallest absolute Gasteiger partial charge is 0.226 e. The van der Waals surface area contributed by atoms with Gasteiger partial charge in [0.15, 0.2) is 0 Å². The maximum absolute atomic E-state index is 13.2. The molecule has 5 nitrogen and oxygen atoms in total.